The normalized spacial score (nSPS) is 10.8. The van der Waals surface area contributed by atoms with Crippen LogP contribution in [0.15, 0.2) is 40.1 Å². The molecular weight excluding hydrogens is 280 g/mol. The molecule has 0 atom stereocenters. The largest absolute Gasteiger partial charge is 0.507 e. The number of phenols is 2. The number of aryl methyl sites for hydroxylation is 2. The molecule has 3 heteroatoms. The van der Waals surface area contributed by atoms with Gasteiger partial charge in [-0.2, -0.15) is 0 Å². The van der Waals surface area contributed by atoms with Crippen LogP contribution in [-0.2, 0) is 6.42 Å². The van der Waals surface area contributed by atoms with E-state index in [9.17, 15) is 10.2 Å². The number of aromatic hydroxyl groups is 2. The van der Waals surface area contributed by atoms with Gasteiger partial charge in [0.05, 0.1) is 9.79 Å². The lowest BCUT2D eigenvalue weighted by Gasteiger charge is -2.15. The zero-order valence-electron chi connectivity index (χ0n) is 12.8. The summed E-state index contributed by atoms with van der Waals surface area (Å²) in [5.74, 6) is 0.547. The van der Waals surface area contributed by atoms with Crippen molar-refractivity contribution in [3.63, 3.8) is 0 Å². The minimum atomic E-state index is 0.257. The average Bonchev–Trinajstić information content (AvgIpc) is 2.46. The number of phenolic OH excluding ortho intramolecular Hbond substituents is 2. The fourth-order valence-corrected chi connectivity index (χ4v) is 3.50. The highest BCUT2D eigenvalue weighted by Gasteiger charge is 2.14. The molecule has 0 radical (unpaired) electrons. The zero-order valence-corrected chi connectivity index (χ0v) is 13.6. The van der Waals surface area contributed by atoms with Crippen LogP contribution in [-0.4, -0.2) is 10.2 Å². The molecule has 2 nitrogen and oxygen atoms in total. The average molecular weight is 302 g/mol. The van der Waals surface area contributed by atoms with Crippen LogP contribution in [0.2, 0.25) is 0 Å². The summed E-state index contributed by atoms with van der Waals surface area (Å²) in [6.45, 7) is 6.24. The van der Waals surface area contributed by atoms with E-state index in [4.69, 9.17) is 0 Å². The molecule has 0 saturated carbocycles. The maximum Gasteiger partial charge on any atom is 0.129 e. The standard InChI is InChI=1S/C18H22O2S/c1-4-5-6-14-13(3)8-10-16(20)18(14)21-17-11-12(2)7-9-15(17)19/h7-11,19-20H,4-6H2,1-3H3. The molecule has 0 heterocycles. The Morgan fingerprint density at radius 1 is 1.00 bits per heavy atom. The van der Waals surface area contributed by atoms with Crippen molar-refractivity contribution in [2.45, 2.75) is 49.8 Å². The van der Waals surface area contributed by atoms with Gasteiger partial charge in [-0.05, 0) is 61.6 Å². The van der Waals surface area contributed by atoms with Gasteiger partial charge in [0.15, 0.2) is 0 Å². The van der Waals surface area contributed by atoms with Gasteiger partial charge >= 0.3 is 0 Å². The molecule has 0 spiro atoms. The van der Waals surface area contributed by atoms with Crippen molar-refractivity contribution >= 4 is 11.8 Å². The fourth-order valence-electron chi connectivity index (χ4n) is 2.31. The molecular formula is C18H22O2S. The maximum absolute atomic E-state index is 10.2. The van der Waals surface area contributed by atoms with Crippen molar-refractivity contribution < 1.29 is 10.2 Å². The topological polar surface area (TPSA) is 40.5 Å². The highest BCUT2D eigenvalue weighted by Crippen LogP contribution is 2.42. The Labute approximate surface area is 130 Å². The van der Waals surface area contributed by atoms with Crippen LogP contribution in [0, 0.1) is 13.8 Å². The summed E-state index contributed by atoms with van der Waals surface area (Å²) in [7, 11) is 0. The molecule has 0 saturated heterocycles. The second-order valence-electron chi connectivity index (χ2n) is 5.39. The third kappa shape index (κ3) is 3.73. The van der Waals surface area contributed by atoms with Crippen molar-refractivity contribution in [1.29, 1.82) is 0 Å². The van der Waals surface area contributed by atoms with Gasteiger partial charge in [0.2, 0.25) is 0 Å². The first kappa shape index (κ1) is 15.8. The molecule has 0 aromatic heterocycles. The molecule has 0 aliphatic carbocycles. The Morgan fingerprint density at radius 2 is 1.71 bits per heavy atom. The smallest absolute Gasteiger partial charge is 0.129 e. The van der Waals surface area contributed by atoms with Gasteiger partial charge in [0.25, 0.3) is 0 Å². The minimum absolute atomic E-state index is 0.257. The van der Waals surface area contributed by atoms with E-state index >= 15 is 0 Å². The fraction of sp³-hybridized carbons (Fsp3) is 0.333. The number of unbranched alkanes of at least 4 members (excludes halogenated alkanes) is 1. The van der Waals surface area contributed by atoms with Crippen molar-refractivity contribution in [3.8, 4) is 11.5 Å². The van der Waals surface area contributed by atoms with Gasteiger partial charge in [0, 0.05) is 0 Å². The molecule has 0 aliphatic rings. The molecule has 21 heavy (non-hydrogen) atoms. The second kappa shape index (κ2) is 6.90. The van der Waals surface area contributed by atoms with E-state index in [0.29, 0.717) is 0 Å². The second-order valence-corrected chi connectivity index (χ2v) is 6.44. The van der Waals surface area contributed by atoms with E-state index in [0.717, 1.165) is 34.6 Å². The predicted molar refractivity (Wildman–Crippen MR) is 88.4 cm³/mol. The molecule has 2 aromatic carbocycles. The summed E-state index contributed by atoms with van der Waals surface area (Å²) in [5.41, 5.74) is 3.47. The van der Waals surface area contributed by atoms with Crippen LogP contribution >= 0.6 is 11.8 Å². The molecule has 0 aliphatic heterocycles. The Hall–Kier alpha value is -1.61. The summed E-state index contributed by atoms with van der Waals surface area (Å²) >= 11 is 1.45. The van der Waals surface area contributed by atoms with Gasteiger partial charge in [-0.3, -0.25) is 0 Å². The third-order valence-electron chi connectivity index (χ3n) is 3.58. The van der Waals surface area contributed by atoms with Crippen LogP contribution in [0.25, 0.3) is 0 Å². The van der Waals surface area contributed by atoms with Crippen molar-refractivity contribution in [2.75, 3.05) is 0 Å². The molecule has 0 amide bonds. The van der Waals surface area contributed by atoms with Crippen LogP contribution < -0.4 is 0 Å². The van der Waals surface area contributed by atoms with Crippen LogP contribution in [0.1, 0.15) is 36.5 Å². The van der Waals surface area contributed by atoms with E-state index in [1.54, 1.807) is 12.1 Å². The predicted octanol–water partition coefficient (Wildman–Crippen LogP) is 5.21. The molecule has 0 unspecified atom stereocenters. The van der Waals surface area contributed by atoms with Crippen LogP contribution in [0.4, 0.5) is 0 Å². The number of hydrogen-bond donors (Lipinski definition) is 2. The highest BCUT2D eigenvalue weighted by molar-refractivity contribution is 7.99. The van der Waals surface area contributed by atoms with E-state index in [1.165, 1.54) is 22.9 Å². The van der Waals surface area contributed by atoms with Crippen molar-refractivity contribution in [2.24, 2.45) is 0 Å². The van der Waals surface area contributed by atoms with E-state index in [2.05, 4.69) is 13.8 Å². The lowest BCUT2D eigenvalue weighted by atomic mass is 10.0. The molecule has 2 rings (SSSR count). The Morgan fingerprint density at radius 3 is 2.43 bits per heavy atom. The van der Waals surface area contributed by atoms with Gasteiger partial charge in [-0.1, -0.05) is 37.2 Å². The maximum atomic E-state index is 10.2. The van der Waals surface area contributed by atoms with Crippen molar-refractivity contribution in [1.82, 2.24) is 0 Å². The number of rotatable bonds is 5. The molecule has 0 bridgehead atoms. The highest BCUT2D eigenvalue weighted by atomic mass is 32.2. The first-order chi connectivity index (χ1) is 10.0. The van der Waals surface area contributed by atoms with Gasteiger partial charge in [0.1, 0.15) is 11.5 Å². The number of benzene rings is 2. The summed E-state index contributed by atoms with van der Waals surface area (Å²) < 4.78 is 0. The quantitative estimate of drug-likeness (QED) is 0.796. The lowest BCUT2D eigenvalue weighted by molar-refractivity contribution is 0.458. The Kier molecular flexibility index (Phi) is 5.18. The summed E-state index contributed by atoms with van der Waals surface area (Å²) in [6.07, 6.45) is 3.16. The first-order valence-electron chi connectivity index (χ1n) is 7.31. The van der Waals surface area contributed by atoms with Crippen LogP contribution in [0.5, 0.6) is 11.5 Å². The summed E-state index contributed by atoms with van der Waals surface area (Å²) in [5, 5.41) is 20.3. The third-order valence-corrected chi connectivity index (χ3v) is 4.79. The van der Waals surface area contributed by atoms with Crippen molar-refractivity contribution in [3.05, 3.63) is 47.0 Å². The van der Waals surface area contributed by atoms with Gasteiger partial charge < -0.3 is 10.2 Å². The number of hydrogen-bond acceptors (Lipinski definition) is 3. The molecule has 2 aromatic rings. The monoisotopic (exact) mass is 302 g/mol. The summed E-state index contributed by atoms with van der Waals surface area (Å²) in [4.78, 5) is 1.65. The lowest BCUT2D eigenvalue weighted by Crippen LogP contribution is -1.94. The summed E-state index contributed by atoms with van der Waals surface area (Å²) in [6, 6.07) is 9.23. The van der Waals surface area contributed by atoms with E-state index in [-0.39, 0.29) is 11.5 Å². The van der Waals surface area contributed by atoms with E-state index < -0.39 is 0 Å². The minimum Gasteiger partial charge on any atom is -0.507 e. The zero-order chi connectivity index (χ0) is 15.4. The van der Waals surface area contributed by atoms with E-state index in [1.807, 2.05) is 25.1 Å². The Balaban J connectivity index is 2.42. The molecule has 2 N–H and O–H groups in total. The van der Waals surface area contributed by atoms with Gasteiger partial charge in [-0.15, -0.1) is 0 Å². The first-order valence-corrected chi connectivity index (χ1v) is 8.13. The van der Waals surface area contributed by atoms with Crippen LogP contribution in [0.3, 0.4) is 0 Å². The SMILES string of the molecule is CCCCc1c(C)ccc(O)c1Sc1cc(C)ccc1O. The Bertz CT molecular complexity index is 635. The molecule has 112 valence electrons. The molecule has 0 fully saturated rings. The van der Waals surface area contributed by atoms with Gasteiger partial charge in [-0.25, -0.2) is 0 Å².